The Morgan fingerprint density at radius 3 is 2.62 bits per heavy atom. The van der Waals surface area contributed by atoms with Crippen molar-refractivity contribution in [2.24, 2.45) is 5.73 Å². The zero-order chi connectivity index (χ0) is 17.1. The van der Waals surface area contributed by atoms with Gasteiger partial charge in [0, 0.05) is 5.56 Å². The Hall–Kier alpha value is -2.57. The molecule has 0 radical (unpaired) electrons. The molecule has 0 fully saturated rings. The van der Waals surface area contributed by atoms with Crippen molar-refractivity contribution in [3.05, 3.63) is 52.5 Å². The van der Waals surface area contributed by atoms with Gasteiger partial charge in [0.15, 0.2) is 6.61 Å². The zero-order valence-corrected chi connectivity index (χ0v) is 13.7. The molecule has 0 saturated heterocycles. The number of hydrogen-bond acceptors (Lipinski definition) is 5. The van der Waals surface area contributed by atoms with Gasteiger partial charge in [-0.25, -0.2) is 0 Å². The SMILES string of the molecule is NC(=O)COc1ccc(-c2noc(-c3cccc(Cl)c3Cl)n2)cc1. The maximum atomic E-state index is 10.7. The Balaban J connectivity index is 1.83. The molecule has 8 heteroatoms. The van der Waals surface area contributed by atoms with Crippen molar-refractivity contribution in [1.82, 2.24) is 10.1 Å². The molecule has 0 spiro atoms. The number of carbonyl (C=O) groups excluding carboxylic acids is 1. The van der Waals surface area contributed by atoms with Gasteiger partial charge in [-0.3, -0.25) is 4.79 Å². The Morgan fingerprint density at radius 2 is 1.92 bits per heavy atom. The van der Waals surface area contributed by atoms with Crippen molar-refractivity contribution in [3.8, 4) is 28.6 Å². The van der Waals surface area contributed by atoms with Gasteiger partial charge in [0.25, 0.3) is 11.8 Å². The van der Waals surface area contributed by atoms with E-state index in [1.807, 2.05) is 0 Å². The van der Waals surface area contributed by atoms with Gasteiger partial charge in [-0.05, 0) is 36.4 Å². The van der Waals surface area contributed by atoms with Gasteiger partial charge in [-0.1, -0.05) is 34.4 Å². The highest BCUT2D eigenvalue weighted by Crippen LogP contribution is 2.33. The maximum absolute atomic E-state index is 10.7. The van der Waals surface area contributed by atoms with Gasteiger partial charge in [-0.15, -0.1) is 0 Å². The third-order valence-corrected chi connectivity index (χ3v) is 3.92. The predicted octanol–water partition coefficient (Wildman–Crippen LogP) is 3.57. The molecule has 3 aromatic rings. The minimum atomic E-state index is -0.541. The fourth-order valence-electron chi connectivity index (χ4n) is 1.97. The number of amides is 1. The van der Waals surface area contributed by atoms with Crippen molar-refractivity contribution in [2.75, 3.05) is 6.61 Å². The Kier molecular flexibility index (Phi) is 4.69. The first-order chi connectivity index (χ1) is 11.5. The molecule has 122 valence electrons. The number of hydrogen-bond donors (Lipinski definition) is 1. The smallest absolute Gasteiger partial charge is 0.259 e. The van der Waals surface area contributed by atoms with E-state index < -0.39 is 5.91 Å². The van der Waals surface area contributed by atoms with Crippen LogP contribution in [-0.4, -0.2) is 22.7 Å². The number of rotatable bonds is 5. The summed E-state index contributed by atoms with van der Waals surface area (Å²) in [5.41, 5.74) is 6.30. The number of primary amides is 1. The number of nitrogens with zero attached hydrogens (tertiary/aromatic N) is 2. The van der Waals surface area contributed by atoms with E-state index in [4.69, 9.17) is 38.2 Å². The quantitative estimate of drug-likeness (QED) is 0.747. The van der Waals surface area contributed by atoms with Crippen LogP contribution >= 0.6 is 23.2 Å². The van der Waals surface area contributed by atoms with Gasteiger partial charge in [0.2, 0.25) is 5.82 Å². The van der Waals surface area contributed by atoms with Crippen LogP contribution in [0.1, 0.15) is 0 Å². The third kappa shape index (κ3) is 3.50. The highest BCUT2D eigenvalue weighted by molar-refractivity contribution is 6.43. The summed E-state index contributed by atoms with van der Waals surface area (Å²) in [5, 5.41) is 4.69. The summed E-state index contributed by atoms with van der Waals surface area (Å²) in [6.45, 7) is -0.182. The van der Waals surface area contributed by atoms with E-state index in [1.165, 1.54) is 0 Å². The molecule has 1 aromatic heterocycles. The van der Waals surface area contributed by atoms with Crippen LogP contribution in [0.4, 0.5) is 0 Å². The molecule has 0 aliphatic carbocycles. The number of halogens is 2. The fourth-order valence-corrected chi connectivity index (χ4v) is 2.36. The number of aromatic nitrogens is 2. The molecule has 6 nitrogen and oxygen atoms in total. The first kappa shape index (κ1) is 16.3. The molecule has 24 heavy (non-hydrogen) atoms. The number of benzene rings is 2. The highest BCUT2D eigenvalue weighted by atomic mass is 35.5. The molecule has 1 heterocycles. The standard InChI is InChI=1S/C16H11Cl2N3O3/c17-12-3-1-2-11(14(12)18)16-20-15(21-24-16)9-4-6-10(7-5-9)23-8-13(19)22/h1-7H,8H2,(H2,19,22). The molecule has 0 saturated carbocycles. The average molecular weight is 364 g/mol. The topological polar surface area (TPSA) is 91.2 Å². The second-order valence-electron chi connectivity index (χ2n) is 4.80. The van der Waals surface area contributed by atoms with Crippen LogP contribution in [0, 0.1) is 0 Å². The van der Waals surface area contributed by atoms with Gasteiger partial charge < -0.3 is 15.0 Å². The van der Waals surface area contributed by atoms with Crippen molar-refractivity contribution >= 4 is 29.1 Å². The van der Waals surface area contributed by atoms with Crippen LogP contribution in [0.15, 0.2) is 47.0 Å². The van der Waals surface area contributed by atoms with Crippen LogP contribution in [0.3, 0.4) is 0 Å². The molecule has 2 N–H and O–H groups in total. The van der Waals surface area contributed by atoms with E-state index in [9.17, 15) is 4.79 Å². The van der Waals surface area contributed by atoms with Crippen molar-refractivity contribution in [3.63, 3.8) is 0 Å². The lowest BCUT2D eigenvalue weighted by atomic mass is 10.2. The zero-order valence-electron chi connectivity index (χ0n) is 12.2. The Labute approximate surface area is 147 Å². The summed E-state index contributed by atoms with van der Waals surface area (Å²) < 4.78 is 10.4. The minimum Gasteiger partial charge on any atom is -0.484 e. The van der Waals surface area contributed by atoms with E-state index >= 15 is 0 Å². The first-order valence-corrected chi connectivity index (χ1v) is 7.60. The monoisotopic (exact) mass is 363 g/mol. The molecule has 0 atom stereocenters. The van der Waals surface area contributed by atoms with Gasteiger partial charge >= 0.3 is 0 Å². The number of carbonyl (C=O) groups is 1. The van der Waals surface area contributed by atoms with Crippen LogP contribution in [0.5, 0.6) is 5.75 Å². The first-order valence-electron chi connectivity index (χ1n) is 6.84. The summed E-state index contributed by atoms with van der Waals surface area (Å²) in [4.78, 5) is 15.0. The second-order valence-corrected chi connectivity index (χ2v) is 5.59. The van der Waals surface area contributed by atoms with Gasteiger partial charge in [-0.2, -0.15) is 4.98 Å². The van der Waals surface area contributed by atoms with E-state index in [-0.39, 0.29) is 12.5 Å². The fraction of sp³-hybridized carbons (Fsp3) is 0.0625. The average Bonchev–Trinajstić information content (AvgIpc) is 3.05. The van der Waals surface area contributed by atoms with E-state index in [1.54, 1.807) is 42.5 Å². The van der Waals surface area contributed by atoms with Gasteiger partial charge in [0.1, 0.15) is 5.75 Å². The normalized spacial score (nSPS) is 10.6. The molecule has 0 bridgehead atoms. The maximum Gasteiger partial charge on any atom is 0.259 e. The van der Waals surface area contributed by atoms with E-state index in [0.717, 1.165) is 5.56 Å². The lowest BCUT2D eigenvalue weighted by molar-refractivity contribution is -0.119. The van der Waals surface area contributed by atoms with Crippen molar-refractivity contribution in [2.45, 2.75) is 0 Å². The highest BCUT2D eigenvalue weighted by Gasteiger charge is 2.15. The Bertz CT molecular complexity index is 879. The predicted molar refractivity (Wildman–Crippen MR) is 89.9 cm³/mol. The summed E-state index contributed by atoms with van der Waals surface area (Å²) in [6, 6.07) is 12.0. The molecule has 0 unspecified atom stereocenters. The molecule has 3 rings (SSSR count). The summed E-state index contributed by atoms with van der Waals surface area (Å²) in [6.07, 6.45) is 0. The van der Waals surface area contributed by atoms with E-state index in [0.29, 0.717) is 27.2 Å². The molecule has 0 aliphatic heterocycles. The van der Waals surface area contributed by atoms with Crippen LogP contribution < -0.4 is 10.5 Å². The minimum absolute atomic E-state index is 0.182. The van der Waals surface area contributed by atoms with Crippen LogP contribution in [-0.2, 0) is 4.79 Å². The number of nitrogens with two attached hydrogens (primary N) is 1. The van der Waals surface area contributed by atoms with Gasteiger partial charge in [0.05, 0.1) is 15.6 Å². The molecule has 0 aliphatic rings. The number of ether oxygens (including phenoxy) is 1. The second kappa shape index (κ2) is 6.90. The van der Waals surface area contributed by atoms with Crippen molar-refractivity contribution < 1.29 is 14.1 Å². The summed E-state index contributed by atoms with van der Waals surface area (Å²) in [5.74, 6) is 0.633. The van der Waals surface area contributed by atoms with Crippen LogP contribution in [0.25, 0.3) is 22.8 Å². The largest absolute Gasteiger partial charge is 0.484 e. The van der Waals surface area contributed by atoms with E-state index in [2.05, 4.69) is 10.1 Å². The third-order valence-electron chi connectivity index (χ3n) is 3.10. The van der Waals surface area contributed by atoms with Crippen LogP contribution in [0.2, 0.25) is 10.0 Å². The lowest BCUT2D eigenvalue weighted by Gasteiger charge is -2.03. The lowest BCUT2D eigenvalue weighted by Crippen LogP contribution is -2.19. The molecule has 1 amide bonds. The Morgan fingerprint density at radius 1 is 1.17 bits per heavy atom. The molecular weight excluding hydrogens is 353 g/mol. The molecule has 2 aromatic carbocycles. The summed E-state index contributed by atoms with van der Waals surface area (Å²) >= 11 is 12.1. The molecular formula is C16H11Cl2N3O3. The summed E-state index contributed by atoms with van der Waals surface area (Å²) in [7, 11) is 0. The van der Waals surface area contributed by atoms with Crippen molar-refractivity contribution in [1.29, 1.82) is 0 Å².